The summed E-state index contributed by atoms with van der Waals surface area (Å²) in [7, 11) is 4.92. The van der Waals surface area contributed by atoms with Crippen molar-refractivity contribution in [3.05, 3.63) is 64.5 Å². The number of hydrogen-bond acceptors (Lipinski definition) is 6. The standard InChI is InChI=1S/C21H24N4O3S/c1-22-21(25-13-16-9-10-29-14-16)24-12-15-7-8-19(23-11-15)28-20-17(26-2)5-4-6-18(20)27-3/h4-11,14H,12-13H2,1-3H3,(H2,22,24,25). The van der Waals surface area contributed by atoms with E-state index in [1.807, 2.05) is 30.3 Å². The highest BCUT2D eigenvalue weighted by atomic mass is 32.1. The van der Waals surface area contributed by atoms with Gasteiger partial charge >= 0.3 is 0 Å². The Kier molecular flexibility index (Phi) is 7.29. The summed E-state index contributed by atoms with van der Waals surface area (Å²) in [4.78, 5) is 8.62. The minimum absolute atomic E-state index is 0.455. The first-order valence-electron chi connectivity index (χ1n) is 9.03. The highest BCUT2D eigenvalue weighted by Crippen LogP contribution is 2.39. The summed E-state index contributed by atoms with van der Waals surface area (Å²) in [6, 6.07) is 11.3. The predicted molar refractivity (Wildman–Crippen MR) is 115 cm³/mol. The molecule has 3 rings (SSSR count). The third-order valence-electron chi connectivity index (χ3n) is 4.11. The first-order chi connectivity index (χ1) is 14.2. The molecule has 0 aliphatic rings. The van der Waals surface area contributed by atoms with Gasteiger partial charge in [0.05, 0.1) is 14.2 Å². The fourth-order valence-corrected chi connectivity index (χ4v) is 3.25. The number of aliphatic imine (C=N–C) groups is 1. The summed E-state index contributed by atoms with van der Waals surface area (Å²) >= 11 is 1.68. The third-order valence-corrected chi connectivity index (χ3v) is 4.84. The van der Waals surface area contributed by atoms with Crippen molar-refractivity contribution < 1.29 is 14.2 Å². The molecule has 0 radical (unpaired) electrons. The van der Waals surface area contributed by atoms with Crippen molar-refractivity contribution >= 4 is 17.3 Å². The van der Waals surface area contributed by atoms with E-state index in [0.29, 0.717) is 29.7 Å². The molecule has 152 valence electrons. The van der Waals surface area contributed by atoms with Crippen LogP contribution in [0.25, 0.3) is 0 Å². The van der Waals surface area contributed by atoms with E-state index in [1.54, 1.807) is 38.8 Å². The second-order valence-corrected chi connectivity index (χ2v) is 6.79. The second-order valence-electron chi connectivity index (χ2n) is 6.01. The lowest BCUT2D eigenvalue weighted by Crippen LogP contribution is -2.36. The lowest BCUT2D eigenvalue weighted by atomic mass is 10.3. The Morgan fingerprint density at radius 2 is 1.72 bits per heavy atom. The second kappa shape index (κ2) is 10.3. The molecule has 0 amide bonds. The van der Waals surface area contributed by atoms with Gasteiger partial charge in [-0.3, -0.25) is 4.99 Å². The van der Waals surface area contributed by atoms with Crippen LogP contribution in [0.2, 0.25) is 0 Å². The summed E-state index contributed by atoms with van der Waals surface area (Å²) in [5.41, 5.74) is 2.23. The molecular weight excluding hydrogens is 388 g/mol. The lowest BCUT2D eigenvalue weighted by Gasteiger charge is -2.14. The minimum atomic E-state index is 0.455. The van der Waals surface area contributed by atoms with E-state index < -0.39 is 0 Å². The van der Waals surface area contributed by atoms with Crippen molar-refractivity contribution in [1.82, 2.24) is 15.6 Å². The number of hydrogen-bond donors (Lipinski definition) is 2. The van der Waals surface area contributed by atoms with Crippen molar-refractivity contribution in [2.75, 3.05) is 21.3 Å². The molecule has 2 N–H and O–H groups in total. The zero-order chi connectivity index (χ0) is 20.5. The van der Waals surface area contributed by atoms with E-state index in [0.717, 1.165) is 18.1 Å². The highest BCUT2D eigenvalue weighted by molar-refractivity contribution is 7.07. The Hall–Kier alpha value is -3.26. The van der Waals surface area contributed by atoms with Crippen LogP contribution >= 0.6 is 11.3 Å². The molecule has 0 saturated carbocycles. The Bertz CT molecular complexity index is 905. The normalized spacial score (nSPS) is 11.1. The third kappa shape index (κ3) is 5.61. The van der Waals surface area contributed by atoms with Crippen LogP contribution in [-0.2, 0) is 13.1 Å². The molecule has 1 aromatic carbocycles. The van der Waals surface area contributed by atoms with Crippen molar-refractivity contribution in [2.24, 2.45) is 4.99 Å². The number of ether oxygens (including phenoxy) is 3. The average molecular weight is 413 g/mol. The van der Waals surface area contributed by atoms with E-state index in [4.69, 9.17) is 14.2 Å². The number of para-hydroxylation sites is 1. The molecule has 3 aromatic rings. The maximum atomic E-state index is 5.89. The predicted octanol–water partition coefficient (Wildman–Crippen LogP) is 3.82. The van der Waals surface area contributed by atoms with Crippen LogP contribution in [0.15, 0.2) is 58.3 Å². The van der Waals surface area contributed by atoms with Gasteiger partial charge in [0, 0.05) is 32.4 Å². The van der Waals surface area contributed by atoms with Crippen molar-refractivity contribution in [2.45, 2.75) is 13.1 Å². The zero-order valence-electron chi connectivity index (χ0n) is 16.6. The number of benzene rings is 1. The largest absolute Gasteiger partial charge is 0.493 e. The summed E-state index contributed by atoms with van der Waals surface area (Å²) in [5.74, 6) is 2.84. The minimum Gasteiger partial charge on any atom is -0.493 e. The van der Waals surface area contributed by atoms with E-state index in [2.05, 4.69) is 37.4 Å². The van der Waals surface area contributed by atoms with Crippen molar-refractivity contribution in [1.29, 1.82) is 0 Å². The number of guanidine groups is 1. The monoisotopic (exact) mass is 412 g/mol. The SMILES string of the molecule is CN=C(NCc1ccc(Oc2c(OC)cccc2OC)nc1)NCc1ccsc1. The number of pyridine rings is 1. The van der Waals surface area contributed by atoms with Crippen LogP contribution in [0.4, 0.5) is 0 Å². The number of methoxy groups -OCH3 is 2. The van der Waals surface area contributed by atoms with Gasteiger partial charge in [-0.25, -0.2) is 4.98 Å². The number of aromatic nitrogens is 1. The molecule has 0 atom stereocenters. The van der Waals surface area contributed by atoms with E-state index in [-0.39, 0.29) is 0 Å². The van der Waals surface area contributed by atoms with Crippen LogP contribution in [0.1, 0.15) is 11.1 Å². The van der Waals surface area contributed by atoms with Gasteiger partial charge in [0.25, 0.3) is 0 Å². The first-order valence-corrected chi connectivity index (χ1v) is 9.97. The van der Waals surface area contributed by atoms with Crippen LogP contribution in [-0.4, -0.2) is 32.2 Å². The first kappa shape index (κ1) is 20.5. The molecule has 0 bridgehead atoms. The number of nitrogens with one attached hydrogen (secondary N) is 2. The van der Waals surface area contributed by atoms with Crippen LogP contribution < -0.4 is 24.8 Å². The summed E-state index contributed by atoms with van der Waals surface area (Å²) in [5, 5.41) is 10.7. The maximum Gasteiger partial charge on any atom is 0.219 e. The van der Waals surface area contributed by atoms with Gasteiger partial charge in [0.1, 0.15) is 0 Å². The van der Waals surface area contributed by atoms with Gasteiger partial charge in [0.15, 0.2) is 17.5 Å². The Morgan fingerprint density at radius 3 is 2.28 bits per heavy atom. The molecule has 8 heteroatoms. The van der Waals surface area contributed by atoms with E-state index in [9.17, 15) is 0 Å². The summed E-state index contributed by atoms with van der Waals surface area (Å²) < 4.78 is 16.6. The van der Waals surface area contributed by atoms with Gasteiger partial charge in [-0.05, 0) is 40.1 Å². The summed E-state index contributed by atoms with van der Waals surface area (Å²) in [6.45, 7) is 1.32. The molecule has 2 heterocycles. The average Bonchev–Trinajstić information content (AvgIpc) is 3.28. The Morgan fingerprint density at radius 1 is 1.00 bits per heavy atom. The van der Waals surface area contributed by atoms with Gasteiger partial charge in [-0.15, -0.1) is 0 Å². The Balaban J connectivity index is 1.58. The Labute approximate surface area is 174 Å². The fraction of sp³-hybridized carbons (Fsp3) is 0.238. The number of thiophene rings is 1. The number of nitrogens with zero attached hydrogens (tertiary/aromatic N) is 2. The quantitative estimate of drug-likeness (QED) is 0.433. The highest BCUT2D eigenvalue weighted by Gasteiger charge is 2.13. The molecule has 0 unspecified atom stereocenters. The smallest absolute Gasteiger partial charge is 0.219 e. The lowest BCUT2D eigenvalue weighted by molar-refractivity contribution is 0.342. The summed E-state index contributed by atoms with van der Waals surface area (Å²) in [6.07, 6.45) is 1.76. The van der Waals surface area contributed by atoms with Gasteiger partial charge in [-0.1, -0.05) is 12.1 Å². The molecule has 0 saturated heterocycles. The van der Waals surface area contributed by atoms with Gasteiger partial charge in [0.2, 0.25) is 11.6 Å². The van der Waals surface area contributed by atoms with Gasteiger partial charge in [-0.2, -0.15) is 11.3 Å². The molecule has 0 spiro atoms. The zero-order valence-corrected chi connectivity index (χ0v) is 17.5. The molecule has 29 heavy (non-hydrogen) atoms. The van der Waals surface area contributed by atoms with Crippen LogP contribution in [0.5, 0.6) is 23.1 Å². The molecule has 2 aromatic heterocycles. The topological polar surface area (TPSA) is 77.0 Å². The molecule has 0 aliphatic carbocycles. The fourth-order valence-electron chi connectivity index (χ4n) is 2.58. The maximum absolute atomic E-state index is 5.89. The van der Waals surface area contributed by atoms with E-state index in [1.165, 1.54) is 5.56 Å². The van der Waals surface area contributed by atoms with E-state index >= 15 is 0 Å². The molecule has 0 aliphatic heterocycles. The van der Waals surface area contributed by atoms with Gasteiger partial charge < -0.3 is 24.8 Å². The van der Waals surface area contributed by atoms with Crippen molar-refractivity contribution in [3.63, 3.8) is 0 Å². The van der Waals surface area contributed by atoms with Crippen LogP contribution in [0.3, 0.4) is 0 Å². The molecular formula is C21H24N4O3S. The number of rotatable bonds is 8. The van der Waals surface area contributed by atoms with Crippen LogP contribution in [0, 0.1) is 0 Å². The molecule has 7 nitrogen and oxygen atoms in total. The van der Waals surface area contributed by atoms with Crippen molar-refractivity contribution in [3.8, 4) is 23.1 Å². The molecule has 0 fully saturated rings.